The molecule has 0 amide bonds. The maximum atomic E-state index is 10.2. The Balaban J connectivity index is 2.11. The van der Waals surface area contributed by atoms with Gasteiger partial charge in [-0.25, -0.2) is 4.98 Å². The van der Waals surface area contributed by atoms with Crippen molar-refractivity contribution in [2.75, 3.05) is 0 Å². The molecule has 0 saturated carbocycles. The van der Waals surface area contributed by atoms with Gasteiger partial charge < -0.3 is 9.67 Å². The Labute approximate surface area is 101 Å². The van der Waals surface area contributed by atoms with Crippen LogP contribution in [-0.4, -0.2) is 24.4 Å². The van der Waals surface area contributed by atoms with Gasteiger partial charge in [0, 0.05) is 38.6 Å². The molecule has 0 spiro atoms. The van der Waals surface area contributed by atoms with Gasteiger partial charge in [-0.15, -0.1) is 0 Å². The summed E-state index contributed by atoms with van der Waals surface area (Å²) in [6, 6.07) is 1.86. The SMILES string of the molecule is CCCn1nccc1C(O)Cc1nccn1C. The van der Waals surface area contributed by atoms with Gasteiger partial charge in [0.2, 0.25) is 0 Å². The first-order valence-corrected chi connectivity index (χ1v) is 5.88. The van der Waals surface area contributed by atoms with Crippen LogP contribution in [0.15, 0.2) is 24.7 Å². The quantitative estimate of drug-likeness (QED) is 0.848. The molecule has 0 fully saturated rings. The van der Waals surface area contributed by atoms with Crippen LogP contribution in [0.1, 0.15) is 31.0 Å². The van der Waals surface area contributed by atoms with Crippen molar-refractivity contribution in [2.45, 2.75) is 32.4 Å². The third-order valence-electron chi connectivity index (χ3n) is 2.82. The minimum atomic E-state index is -0.551. The molecule has 0 aliphatic heterocycles. The number of hydrogen-bond acceptors (Lipinski definition) is 3. The van der Waals surface area contributed by atoms with Crippen molar-refractivity contribution in [3.63, 3.8) is 0 Å². The van der Waals surface area contributed by atoms with Crippen LogP contribution >= 0.6 is 0 Å². The van der Waals surface area contributed by atoms with Gasteiger partial charge in [0.1, 0.15) is 11.9 Å². The summed E-state index contributed by atoms with van der Waals surface area (Å²) in [6.45, 7) is 2.93. The summed E-state index contributed by atoms with van der Waals surface area (Å²) in [5.41, 5.74) is 0.856. The van der Waals surface area contributed by atoms with Gasteiger partial charge in [0.05, 0.1) is 5.69 Å². The Morgan fingerprint density at radius 1 is 1.41 bits per heavy atom. The minimum absolute atomic E-state index is 0.513. The molecule has 5 nitrogen and oxygen atoms in total. The predicted molar refractivity (Wildman–Crippen MR) is 64.4 cm³/mol. The van der Waals surface area contributed by atoms with E-state index in [0.717, 1.165) is 24.5 Å². The van der Waals surface area contributed by atoms with E-state index in [1.807, 2.05) is 28.6 Å². The van der Waals surface area contributed by atoms with Crippen LogP contribution in [0.5, 0.6) is 0 Å². The Bertz CT molecular complexity index is 474. The van der Waals surface area contributed by atoms with Gasteiger partial charge in [-0.3, -0.25) is 4.68 Å². The fourth-order valence-electron chi connectivity index (χ4n) is 1.90. The molecule has 0 bridgehead atoms. The van der Waals surface area contributed by atoms with E-state index in [9.17, 15) is 5.11 Å². The van der Waals surface area contributed by atoms with Gasteiger partial charge >= 0.3 is 0 Å². The fourth-order valence-corrected chi connectivity index (χ4v) is 1.90. The second-order valence-electron chi connectivity index (χ2n) is 4.15. The number of aliphatic hydroxyl groups excluding tert-OH is 1. The topological polar surface area (TPSA) is 55.9 Å². The van der Waals surface area contributed by atoms with Gasteiger partial charge in [-0.1, -0.05) is 6.92 Å². The molecule has 1 N–H and O–H groups in total. The van der Waals surface area contributed by atoms with Crippen LogP contribution in [0.25, 0.3) is 0 Å². The molecular formula is C12H18N4O. The van der Waals surface area contributed by atoms with Crippen molar-refractivity contribution in [1.29, 1.82) is 0 Å². The van der Waals surface area contributed by atoms with Crippen LogP contribution in [0, 0.1) is 0 Å². The molecule has 0 radical (unpaired) electrons. The number of aryl methyl sites for hydroxylation is 2. The first-order chi connectivity index (χ1) is 8.22. The molecule has 0 saturated heterocycles. The van der Waals surface area contributed by atoms with Crippen molar-refractivity contribution >= 4 is 0 Å². The second kappa shape index (κ2) is 5.14. The summed E-state index contributed by atoms with van der Waals surface area (Å²) >= 11 is 0. The van der Waals surface area contributed by atoms with Gasteiger partial charge in [0.15, 0.2) is 0 Å². The number of imidazole rings is 1. The number of aliphatic hydroxyl groups is 1. The van der Waals surface area contributed by atoms with E-state index in [2.05, 4.69) is 17.0 Å². The van der Waals surface area contributed by atoms with Crippen LogP contribution in [-0.2, 0) is 20.0 Å². The first kappa shape index (κ1) is 11.9. The third kappa shape index (κ3) is 2.55. The van der Waals surface area contributed by atoms with Crippen molar-refractivity contribution < 1.29 is 5.11 Å². The molecule has 17 heavy (non-hydrogen) atoms. The second-order valence-corrected chi connectivity index (χ2v) is 4.15. The lowest BCUT2D eigenvalue weighted by molar-refractivity contribution is 0.163. The summed E-state index contributed by atoms with van der Waals surface area (Å²) in [5, 5.41) is 14.4. The normalized spacial score (nSPS) is 12.9. The zero-order valence-corrected chi connectivity index (χ0v) is 10.2. The van der Waals surface area contributed by atoms with E-state index >= 15 is 0 Å². The number of rotatable bonds is 5. The van der Waals surface area contributed by atoms with Crippen LogP contribution in [0.2, 0.25) is 0 Å². The molecule has 2 aromatic rings. The molecular weight excluding hydrogens is 216 g/mol. The van der Waals surface area contributed by atoms with E-state index in [1.165, 1.54) is 0 Å². The maximum Gasteiger partial charge on any atom is 0.111 e. The molecule has 0 aromatic carbocycles. The molecule has 5 heteroatoms. The highest BCUT2D eigenvalue weighted by Gasteiger charge is 2.15. The van der Waals surface area contributed by atoms with E-state index < -0.39 is 6.10 Å². The molecule has 1 atom stereocenters. The highest BCUT2D eigenvalue weighted by atomic mass is 16.3. The molecule has 1 unspecified atom stereocenters. The molecule has 0 aliphatic rings. The first-order valence-electron chi connectivity index (χ1n) is 5.88. The molecule has 2 heterocycles. The van der Waals surface area contributed by atoms with Crippen LogP contribution < -0.4 is 0 Å². The highest BCUT2D eigenvalue weighted by molar-refractivity contribution is 5.07. The summed E-state index contributed by atoms with van der Waals surface area (Å²) in [5.74, 6) is 0.877. The maximum absolute atomic E-state index is 10.2. The lowest BCUT2D eigenvalue weighted by Gasteiger charge is -2.12. The summed E-state index contributed by atoms with van der Waals surface area (Å²) < 4.78 is 3.78. The average Bonchev–Trinajstić information content (AvgIpc) is 2.89. The lowest BCUT2D eigenvalue weighted by atomic mass is 10.2. The van der Waals surface area contributed by atoms with Crippen molar-refractivity contribution in [2.24, 2.45) is 7.05 Å². The largest absolute Gasteiger partial charge is 0.386 e. The van der Waals surface area contributed by atoms with E-state index in [-0.39, 0.29) is 0 Å². The number of aromatic nitrogens is 4. The zero-order chi connectivity index (χ0) is 12.3. The Hall–Kier alpha value is -1.62. The van der Waals surface area contributed by atoms with Crippen LogP contribution in [0.3, 0.4) is 0 Å². The summed E-state index contributed by atoms with van der Waals surface area (Å²) in [6.07, 6.45) is 6.32. The predicted octanol–water partition coefficient (Wildman–Crippen LogP) is 1.30. The highest BCUT2D eigenvalue weighted by Crippen LogP contribution is 2.17. The summed E-state index contributed by atoms with van der Waals surface area (Å²) in [4.78, 5) is 4.21. The number of hydrogen-bond donors (Lipinski definition) is 1. The Morgan fingerprint density at radius 3 is 2.88 bits per heavy atom. The van der Waals surface area contributed by atoms with Crippen molar-refractivity contribution in [3.05, 3.63) is 36.2 Å². The number of nitrogens with zero attached hydrogens (tertiary/aromatic N) is 4. The zero-order valence-electron chi connectivity index (χ0n) is 10.2. The Morgan fingerprint density at radius 2 is 2.24 bits per heavy atom. The average molecular weight is 234 g/mol. The standard InChI is InChI=1S/C12H18N4O/c1-3-7-16-10(4-5-14-16)11(17)9-12-13-6-8-15(12)2/h4-6,8,11,17H,3,7,9H2,1-2H3. The van der Waals surface area contributed by atoms with E-state index in [4.69, 9.17) is 0 Å². The Kier molecular flexibility index (Phi) is 3.58. The minimum Gasteiger partial charge on any atom is -0.386 e. The van der Waals surface area contributed by atoms with E-state index in [0.29, 0.717) is 6.42 Å². The fraction of sp³-hybridized carbons (Fsp3) is 0.500. The smallest absolute Gasteiger partial charge is 0.111 e. The van der Waals surface area contributed by atoms with Gasteiger partial charge in [0.25, 0.3) is 0 Å². The van der Waals surface area contributed by atoms with Crippen molar-refractivity contribution in [1.82, 2.24) is 19.3 Å². The molecule has 0 aliphatic carbocycles. The molecule has 2 rings (SSSR count). The monoisotopic (exact) mass is 234 g/mol. The van der Waals surface area contributed by atoms with Gasteiger partial charge in [-0.2, -0.15) is 5.10 Å². The molecule has 92 valence electrons. The van der Waals surface area contributed by atoms with Crippen molar-refractivity contribution in [3.8, 4) is 0 Å². The van der Waals surface area contributed by atoms with E-state index in [1.54, 1.807) is 12.4 Å². The third-order valence-corrected chi connectivity index (χ3v) is 2.82. The molecule has 2 aromatic heterocycles. The lowest BCUT2D eigenvalue weighted by Crippen LogP contribution is -2.12. The van der Waals surface area contributed by atoms with Crippen LogP contribution in [0.4, 0.5) is 0 Å². The van der Waals surface area contributed by atoms with Gasteiger partial charge in [-0.05, 0) is 12.5 Å². The summed E-state index contributed by atoms with van der Waals surface area (Å²) in [7, 11) is 1.93.